The number of thioether (sulfide) groups is 1. The summed E-state index contributed by atoms with van der Waals surface area (Å²) in [5, 5.41) is 5.82. The van der Waals surface area contributed by atoms with Gasteiger partial charge in [0.15, 0.2) is 11.8 Å². The van der Waals surface area contributed by atoms with Crippen LogP contribution in [-0.2, 0) is 14.3 Å². The number of amides is 1. The minimum absolute atomic E-state index is 0.189. The molecule has 0 aliphatic carbocycles. The fraction of sp³-hybridized carbons (Fsp3) is 0.240. The van der Waals surface area contributed by atoms with Gasteiger partial charge in [-0.3, -0.25) is 4.79 Å². The van der Waals surface area contributed by atoms with Crippen LogP contribution in [0.25, 0.3) is 0 Å². The first-order valence-electron chi connectivity index (χ1n) is 10.7. The van der Waals surface area contributed by atoms with Crippen molar-refractivity contribution in [2.75, 3.05) is 18.5 Å². The lowest BCUT2D eigenvalue weighted by molar-refractivity contribution is -0.139. The predicted molar refractivity (Wildman–Crippen MR) is 135 cm³/mol. The standard InChI is InChI=1S/C25H24ClN3O4S/c1-4-32-24(31)22-16(3)27-25-29(11-12-34-25)23(22)17-7-10-20(19(26)13-17)33-14-21(30)28-18-8-5-15(2)6-9-18/h5-13,23H,4,14H2,1-3H3,(H,28,30). The summed E-state index contributed by atoms with van der Waals surface area (Å²) in [7, 11) is 0. The molecule has 0 aromatic heterocycles. The molecule has 2 aliphatic heterocycles. The number of hydrogen-bond donors (Lipinski definition) is 1. The van der Waals surface area contributed by atoms with E-state index in [2.05, 4.69) is 10.3 Å². The van der Waals surface area contributed by atoms with E-state index in [0.29, 0.717) is 27.7 Å². The molecule has 1 amide bonds. The number of esters is 1. The summed E-state index contributed by atoms with van der Waals surface area (Å²) in [6.45, 7) is 5.62. The molecule has 1 atom stereocenters. The Morgan fingerprint density at radius 3 is 2.65 bits per heavy atom. The molecule has 0 fully saturated rings. The number of anilines is 1. The summed E-state index contributed by atoms with van der Waals surface area (Å²) in [5.41, 5.74) is 3.65. The van der Waals surface area contributed by atoms with Crippen LogP contribution in [0.1, 0.15) is 31.0 Å². The molecule has 7 nitrogen and oxygen atoms in total. The highest BCUT2D eigenvalue weighted by atomic mass is 35.5. The van der Waals surface area contributed by atoms with Gasteiger partial charge in [0, 0.05) is 11.9 Å². The highest BCUT2D eigenvalue weighted by Crippen LogP contribution is 2.42. The van der Waals surface area contributed by atoms with Crippen molar-refractivity contribution in [3.8, 4) is 5.75 Å². The number of allylic oxidation sites excluding steroid dienone is 1. The van der Waals surface area contributed by atoms with E-state index in [4.69, 9.17) is 21.1 Å². The maximum absolute atomic E-state index is 12.8. The van der Waals surface area contributed by atoms with Gasteiger partial charge in [-0.1, -0.05) is 47.1 Å². The van der Waals surface area contributed by atoms with E-state index >= 15 is 0 Å². The summed E-state index contributed by atoms with van der Waals surface area (Å²) in [6.07, 6.45) is 1.88. The number of fused-ring (bicyclic) bond motifs is 1. The minimum Gasteiger partial charge on any atom is -0.482 e. The Morgan fingerprint density at radius 2 is 1.94 bits per heavy atom. The van der Waals surface area contributed by atoms with Crippen molar-refractivity contribution < 1.29 is 19.1 Å². The lowest BCUT2D eigenvalue weighted by atomic mass is 9.95. The van der Waals surface area contributed by atoms with Gasteiger partial charge in [0.1, 0.15) is 5.75 Å². The van der Waals surface area contributed by atoms with Crippen molar-refractivity contribution in [2.24, 2.45) is 4.99 Å². The molecule has 0 spiro atoms. The Morgan fingerprint density at radius 1 is 1.18 bits per heavy atom. The summed E-state index contributed by atoms with van der Waals surface area (Å²) < 4.78 is 11.0. The van der Waals surface area contributed by atoms with Crippen LogP contribution in [0.2, 0.25) is 5.02 Å². The first kappa shape index (κ1) is 23.9. The Labute approximate surface area is 207 Å². The molecule has 1 N–H and O–H groups in total. The molecule has 0 bridgehead atoms. The molecule has 2 aromatic carbocycles. The second kappa shape index (κ2) is 10.4. The number of nitrogens with one attached hydrogen (secondary N) is 1. The molecule has 34 heavy (non-hydrogen) atoms. The van der Waals surface area contributed by atoms with Gasteiger partial charge in [0.2, 0.25) is 0 Å². The fourth-order valence-corrected chi connectivity index (χ4v) is 4.71. The molecule has 9 heteroatoms. The van der Waals surface area contributed by atoms with Gasteiger partial charge in [0.05, 0.1) is 28.9 Å². The highest BCUT2D eigenvalue weighted by molar-refractivity contribution is 8.16. The summed E-state index contributed by atoms with van der Waals surface area (Å²) in [6, 6.07) is 12.3. The maximum atomic E-state index is 12.8. The number of benzene rings is 2. The van der Waals surface area contributed by atoms with Gasteiger partial charge in [-0.15, -0.1) is 0 Å². The van der Waals surface area contributed by atoms with Crippen molar-refractivity contribution >= 4 is 46.1 Å². The zero-order chi connectivity index (χ0) is 24.2. The number of ether oxygens (including phenoxy) is 2. The number of amidine groups is 1. The summed E-state index contributed by atoms with van der Waals surface area (Å²) >= 11 is 8.00. The topological polar surface area (TPSA) is 80.2 Å². The third kappa shape index (κ3) is 5.13. The zero-order valence-corrected chi connectivity index (χ0v) is 20.6. The fourth-order valence-electron chi connectivity index (χ4n) is 3.68. The number of nitrogens with zero attached hydrogens (tertiary/aromatic N) is 2. The summed E-state index contributed by atoms with van der Waals surface area (Å²) in [5.74, 6) is -0.333. The van der Waals surface area contributed by atoms with Gasteiger partial charge in [0.25, 0.3) is 5.91 Å². The van der Waals surface area contributed by atoms with Gasteiger partial charge in [-0.05, 0) is 56.0 Å². The monoisotopic (exact) mass is 497 g/mol. The van der Waals surface area contributed by atoms with Crippen LogP contribution in [0.15, 0.2) is 70.3 Å². The minimum atomic E-state index is -0.436. The highest BCUT2D eigenvalue weighted by Gasteiger charge is 2.37. The molecule has 0 saturated carbocycles. The average molecular weight is 498 g/mol. The molecular weight excluding hydrogens is 474 g/mol. The third-order valence-electron chi connectivity index (χ3n) is 5.28. The van der Waals surface area contributed by atoms with Gasteiger partial charge in [-0.2, -0.15) is 0 Å². The molecule has 1 unspecified atom stereocenters. The van der Waals surface area contributed by atoms with E-state index < -0.39 is 12.0 Å². The SMILES string of the molecule is CCOC(=O)C1=C(C)N=C2SC=CN2C1c1ccc(OCC(=O)Nc2ccc(C)cc2)c(Cl)c1. The van der Waals surface area contributed by atoms with E-state index in [1.807, 2.05) is 53.8 Å². The van der Waals surface area contributed by atoms with E-state index in [0.717, 1.165) is 16.3 Å². The van der Waals surface area contributed by atoms with E-state index in [1.54, 1.807) is 26.0 Å². The first-order valence-corrected chi connectivity index (χ1v) is 12.0. The molecule has 0 radical (unpaired) electrons. The van der Waals surface area contributed by atoms with E-state index in [-0.39, 0.29) is 19.1 Å². The number of rotatable bonds is 7. The van der Waals surface area contributed by atoms with Crippen molar-refractivity contribution in [1.82, 2.24) is 4.90 Å². The van der Waals surface area contributed by atoms with Crippen molar-refractivity contribution in [3.63, 3.8) is 0 Å². The first-order chi connectivity index (χ1) is 16.4. The van der Waals surface area contributed by atoms with Gasteiger partial charge in [-0.25, -0.2) is 9.79 Å². The largest absolute Gasteiger partial charge is 0.482 e. The number of carbonyl (C=O) groups excluding carboxylic acids is 2. The molecule has 176 valence electrons. The molecule has 0 saturated heterocycles. The number of aryl methyl sites for hydroxylation is 1. The van der Waals surface area contributed by atoms with Crippen molar-refractivity contribution in [3.05, 3.63) is 81.5 Å². The quantitative estimate of drug-likeness (QED) is 0.513. The van der Waals surface area contributed by atoms with Gasteiger partial charge >= 0.3 is 5.97 Å². The van der Waals surface area contributed by atoms with E-state index in [1.165, 1.54) is 11.8 Å². The molecular formula is C25H24ClN3O4S. The lowest BCUT2D eigenvalue weighted by Gasteiger charge is -2.33. The zero-order valence-electron chi connectivity index (χ0n) is 19.0. The predicted octanol–water partition coefficient (Wildman–Crippen LogP) is 5.43. The summed E-state index contributed by atoms with van der Waals surface area (Å²) in [4.78, 5) is 31.5. The Kier molecular flexibility index (Phi) is 7.29. The van der Waals surface area contributed by atoms with Crippen LogP contribution < -0.4 is 10.1 Å². The van der Waals surface area contributed by atoms with Crippen LogP contribution in [0.5, 0.6) is 5.75 Å². The molecule has 2 aromatic rings. The number of aliphatic imine (C=N–C) groups is 1. The van der Waals surface area contributed by atoms with Crippen LogP contribution in [0.4, 0.5) is 5.69 Å². The molecule has 2 heterocycles. The van der Waals surface area contributed by atoms with E-state index in [9.17, 15) is 9.59 Å². The van der Waals surface area contributed by atoms with Crippen molar-refractivity contribution in [1.29, 1.82) is 0 Å². The number of halogens is 1. The Balaban J connectivity index is 1.51. The van der Waals surface area contributed by atoms with Crippen LogP contribution in [-0.4, -0.2) is 35.2 Å². The van der Waals surface area contributed by atoms with Crippen molar-refractivity contribution in [2.45, 2.75) is 26.8 Å². The van der Waals surface area contributed by atoms with Crippen LogP contribution in [0.3, 0.4) is 0 Å². The third-order valence-corrected chi connectivity index (χ3v) is 6.35. The second-order valence-corrected chi connectivity index (χ2v) is 9.00. The lowest BCUT2D eigenvalue weighted by Crippen LogP contribution is -2.34. The number of hydrogen-bond acceptors (Lipinski definition) is 7. The molecule has 2 aliphatic rings. The normalized spacial score (nSPS) is 16.8. The smallest absolute Gasteiger partial charge is 0.338 e. The second-order valence-electron chi connectivity index (χ2n) is 7.72. The Bertz CT molecular complexity index is 1210. The van der Waals surface area contributed by atoms with Crippen LogP contribution in [0, 0.1) is 6.92 Å². The molecule has 4 rings (SSSR count). The Hall–Kier alpha value is -3.23. The number of carbonyl (C=O) groups is 2. The average Bonchev–Trinajstić information content (AvgIpc) is 3.27. The van der Waals surface area contributed by atoms with Crippen LogP contribution >= 0.6 is 23.4 Å². The maximum Gasteiger partial charge on any atom is 0.338 e. The van der Waals surface area contributed by atoms with Gasteiger partial charge < -0.3 is 19.7 Å².